The minimum atomic E-state index is 0.926. The predicted molar refractivity (Wildman–Crippen MR) is 63.3 cm³/mol. The van der Waals surface area contributed by atoms with Crippen molar-refractivity contribution in [2.75, 3.05) is 12.8 Å². The van der Waals surface area contributed by atoms with E-state index in [1.54, 1.807) is 0 Å². The number of nitrogens with one attached hydrogen (secondary N) is 1. The highest BCUT2D eigenvalue weighted by atomic mass is 79.9. The second kappa shape index (κ2) is 5.68. The van der Waals surface area contributed by atoms with Gasteiger partial charge in [0.2, 0.25) is 0 Å². The van der Waals surface area contributed by atoms with Crippen molar-refractivity contribution in [2.45, 2.75) is 18.4 Å². The zero-order chi connectivity index (χ0) is 9.68. The number of thioether (sulfide) groups is 1. The zero-order valence-electron chi connectivity index (χ0n) is 7.93. The fourth-order valence-corrected chi connectivity index (χ4v) is 2.57. The molecule has 0 spiro atoms. The maximum absolute atomic E-state index is 3.57. The summed E-state index contributed by atoms with van der Waals surface area (Å²) in [6.45, 7) is 3.09. The third kappa shape index (κ3) is 3.33. The van der Waals surface area contributed by atoms with Gasteiger partial charge in [-0.1, -0.05) is 13.0 Å². The van der Waals surface area contributed by atoms with Gasteiger partial charge in [-0.3, -0.25) is 0 Å². The maximum atomic E-state index is 3.57. The summed E-state index contributed by atoms with van der Waals surface area (Å²) in [5, 5.41) is 3.14. The molecule has 0 aromatic heterocycles. The van der Waals surface area contributed by atoms with E-state index in [-0.39, 0.29) is 0 Å². The van der Waals surface area contributed by atoms with Crippen LogP contribution in [0.5, 0.6) is 0 Å². The zero-order valence-corrected chi connectivity index (χ0v) is 10.3. The van der Waals surface area contributed by atoms with Gasteiger partial charge in [-0.2, -0.15) is 0 Å². The SMILES string of the molecule is CCSc1ccc(CNC)cc1Br. The first-order valence-corrected chi connectivity index (χ1v) is 6.11. The molecule has 72 valence electrons. The average Bonchev–Trinajstić information content (AvgIpc) is 2.10. The summed E-state index contributed by atoms with van der Waals surface area (Å²) in [4.78, 5) is 1.32. The normalized spacial score (nSPS) is 10.4. The van der Waals surface area contributed by atoms with Crippen molar-refractivity contribution >= 4 is 27.7 Å². The van der Waals surface area contributed by atoms with Crippen LogP contribution in [0.3, 0.4) is 0 Å². The van der Waals surface area contributed by atoms with Crippen molar-refractivity contribution in [1.82, 2.24) is 5.32 Å². The van der Waals surface area contributed by atoms with Crippen LogP contribution < -0.4 is 5.32 Å². The molecule has 0 radical (unpaired) electrons. The average molecular weight is 260 g/mol. The molecule has 1 aromatic carbocycles. The number of hydrogen-bond donors (Lipinski definition) is 1. The number of benzene rings is 1. The standard InChI is InChI=1S/C10H14BrNS/c1-3-13-10-5-4-8(7-12-2)6-9(10)11/h4-6,12H,3,7H2,1-2H3. The van der Waals surface area contributed by atoms with Crippen LogP contribution in [-0.4, -0.2) is 12.8 Å². The Morgan fingerprint density at radius 2 is 2.23 bits per heavy atom. The van der Waals surface area contributed by atoms with Crippen molar-refractivity contribution in [1.29, 1.82) is 0 Å². The summed E-state index contributed by atoms with van der Waals surface area (Å²) < 4.78 is 1.20. The van der Waals surface area contributed by atoms with Crippen LogP contribution in [0.4, 0.5) is 0 Å². The molecule has 0 fully saturated rings. The van der Waals surface area contributed by atoms with Gasteiger partial charge < -0.3 is 5.32 Å². The molecule has 13 heavy (non-hydrogen) atoms. The molecular formula is C10H14BrNS. The van der Waals surface area contributed by atoms with Gasteiger partial charge in [-0.15, -0.1) is 11.8 Å². The first kappa shape index (κ1) is 11.1. The molecule has 1 nitrogen and oxygen atoms in total. The van der Waals surface area contributed by atoms with Crippen molar-refractivity contribution < 1.29 is 0 Å². The van der Waals surface area contributed by atoms with Gasteiger partial charge in [0.15, 0.2) is 0 Å². The number of hydrogen-bond acceptors (Lipinski definition) is 2. The molecule has 1 N–H and O–H groups in total. The van der Waals surface area contributed by atoms with Crippen molar-refractivity contribution in [3.8, 4) is 0 Å². The lowest BCUT2D eigenvalue weighted by atomic mass is 10.2. The molecule has 0 unspecified atom stereocenters. The van der Waals surface area contributed by atoms with Crippen molar-refractivity contribution in [2.24, 2.45) is 0 Å². The largest absolute Gasteiger partial charge is 0.316 e. The van der Waals surface area contributed by atoms with Gasteiger partial charge in [-0.05, 0) is 46.4 Å². The third-order valence-electron chi connectivity index (χ3n) is 1.68. The molecule has 0 heterocycles. The van der Waals surface area contributed by atoms with E-state index < -0.39 is 0 Å². The Hall–Kier alpha value is 0.01000. The van der Waals surface area contributed by atoms with E-state index in [4.69, 9.17) is 0 Å². The molecule has 1 aromatic rings. The smallest absolute Gasteiger partial charge is 0.0314 e. The molecule has 0 aliphatic heterocycles. The van der Waals surface area contributed by atoms with E-state index in [0.717, 1.165) is 12.3 Å². The van der Waals surface area contributed by atoms with Crippen LogP contribution in [0.25, 0.3) is 0 Å². The third-order valence-corrected chi connectivity index (χ3v) is 3.55. The lowest BCUT2D eigenvalue weighted by Gasteiger charge is -2.05. The Balaban J connectivity index is 2.79. The molecule has 1 rings (SSSR count). The van der Waals surface area contributed by atoms with E-state index in [2.05, 4.69) is 46.4 Å². The first-order chi connectivity index (χ1) is 6.27. The first-order valence-electron chi connectivity index (χ1n) is 4.33. The Bertz CT molecular complexity index is 276. The van der Waals surface area contributed by atoms with E-state index in [9.17, 15) is 0 Å². The van der Waals surface area contributed by atoms with Gasteiger partial charge in [-0.25, -0.2) is 0 Å². The summed E-state index contributed by atoms with van der Waals surface area (Å²) in [6.07, 6.45) is 0. The second-order valence-corrected chi connectivity index (χ2v) is 4.89. The summed E-state index contributed by atoms with van der Waals surface area (Å²) in [5.41, 5.74) is 1.31. The molecule has 0 saturated heterocycles. The molecule has 0 bridgehead atoms. The molecule has 0 aliphatic carbocycles. The topological polar surface area (TPSA) is 12.0 Å². The molecule has 0 aliphatic rings. The summed E-state index contributed by atoms with van der Waals surface area (Å²) in [6, 6.07) is 6.51. The summed E-state index contributed by atoms with van der Waals surface area (Å²) in [5.74, 6) is 1.12. The van der Waals surface area contributed by atoms with Crippen LogP contribution in [-0.2, 0) is 6.54 Å². The number of halogens is 1. The highest BCUT2D eigenvalue weighted by Gasteiger charge is 2.00. The Morgan fingerprint density at radius 1 is 1.46 bits per heavy atom. The summed E-state index contributed by atoms with van der Waals surface area (Å²) in [7, 11) is 1.96. The van der Waals surface area contributed by atoms with Crippen molar-refractivity contribution in [3.63, 3.8) is 0 Å². The molecule has 0 atom stereocenters. The van der Waals surface area contributed by atoms with E-state index in [1.165, 1.54) is 14.9 Å². The van der Waals surface area contributed by atoms with Crippen molar-refractivity contribution in [3.05, 3.63) is 28.2 Å². The van der Waals surface area contributed by atoms with Gasteiger partial charge in [0.25, 0.3) is 0 Å². The predicted octanol–water partition coefficient (Wildman–Crippen LogP) is 3.28. The fraction of sp³-hybridized carbons (Fsp3) is 0.400. The van der Waals surface area contributed by atoms with Gasteiger partial charge in [0.1, 0.15) is 0 Å². The van der Waals surface area contributed by atoms with Gasteiger partial charge >= 0.3 is 0 Å². The maximum Gasteiger partial charge on any atom is 0.0314 e. The van der Waals surface area contributed by atoms with Crippen LogP contribution in [0, 0.1) is 0 Å². The lowest BCUT2D eigenvalue weighted by Crippen LogP contribution is -2.04. The second-order valence-electron chi connectivity index (χ2n) is 2.73. The highest BCUT2D eigenvalue weighted by molar-refractivity contribution is 9.10. The molecule has 3 heteroatoms. The minimum Gasteiger partial charge on any atom is -0.316 e. The van der Waals surface area contributed by atoms with Crippen LogP contribution in [0.2, 0.25) is 0 Å². The summed E-state index contributed by atoms with van der Waals surface area (Å²) >= 11 is 5.43. The minimum absolute atomic E-state index is 0.926. The molecular weight excluding hydrogens is 246 g/mol. The Kier molecular flexibility index (Phi) is 4.84. The van der Waals surface area contributed by atoms with Gasteiger partial charge in [0.05, 0.1) is 0 Å². The Morgan fingerprint density at radius 3 is 2.77 bits per heavy atom. The van der Waals surface area contributed by atoms with Gasteiger partial charge in [0, 0.05) is 15.9 Å². The molecule has 0 saturated carbocycles. The fourth-order valence-electron chi connectivity index (χ4n) is 1.13. The number of rotatable bonds is 4. The van der Waals surface area contributed by atoms with Crippen LogP contribution >= 0.6 is 27.7 Å². The van der Waals surface area contributed by atoms with E-state index in [0.29, 0.717) is 0 Å². The monoisotopic (exact) mass is 259 g/mol. The lowest BCUT2D eigenvalue weighted by molar-refractivity contribution is 0.816. The van der Waals surface area contributed by atoms with Crippen LogP contribution in [0.1, 0.15) is 12.5 Å². The van der Waals surface area contributed by atoms with E-state index in [1.807, 2.05) is 18.8 Å². The highest BCUT2D eigenvalue weighted by Crippen LogP contribution is 2.27. The Labute approximate surface area is 92.4 Å². The molecule has 0 amide bonds. The van der Waals surface area contributed by atoms with E-state index >= 15 is 0 Å². The van der Waals surface area contributed by atoms with Crippen LogP contribution in [0.15, 0.2) is 27.6 Å². The quantitative estimate of drug-likeness (QED) is 0.834.